The molecule has 0 radical (unpaired) electrons. The fourth-order valence-corrected chi connectivity index (χ4v) is 3.51. The van der Waals surface area contributed by atoms with E-state index in [9.17, 15) is 8.78 Å². The van der Waals surface area contributed by atoms with Gasteiger partial charge in [0.15, 0.2) is 0 Å². The van der Waals surface area contributed by atoms with Crippen LogP contribution in [0.2, 0.25) is 0 Å². The van der Waals surface area contributed by atoms with E-state index in [4.69, 9.17) is 0 Å². The summed E-state index contributed by atoms with van der Waals surface area (Å²) in [6, 6.07) is 11.1. The molecule has 0 spiro atoms. The molecule has 3 aromatic rings. The van der Waals surface area contributed by atoms with Gasteiger partial charge in [-0.15, -0.1) is 46.2 Å². The van der Waals surface area contributed by atoms with Crippen molar-refractivity contribution in [2.45, 2.75) is 25.7 Å². The summed E-state index contributed by atoms with van der Waals surface area (Å²) in [5, 5.41) is 3.42. The second-order valence-corrected chi connectivity index (χ2v) is 7.81. The minimum absolute atomic E-state index is 0. The van der Waals surface area contributed by atoms with E-state index in [2.05, 4.69) is 12.2 Å². The second-order valence-electron chi connectivity index (χ2n) is 6.07. The zero-order valence-corrected chi connectivity index (χ0v) is 18.6. The van der Waals surface area contributed by atoms with Gasteiger partial charge in [-0.2, -0.15) is 6.08 Å². The normalized spacial score (nSPS) is 13.7. The molecule has 2 aliphatic carbocycles. The van der Waals surface area contributed by atoms with Crippen molar-refractivity contribution in [3.05, 3.63) is 78.4 Å². The summed E-state index contributed by atoms with van der Waals surface area (Å²) in [4.78, 5) is 0. The first kappa shape index (κ1) is 24.0. The number of benzene rings is 2. The molecule has 0 heterocycles. The van der Waals surface area contributed by atoms with E-state index in [1.807, 2.05) is 18.2 Å². The molecule has 0 aromatic heterocycles. The molecule has 0 aliphatic heterocycles. The molecular weight excluding hydrogens is 464 g/mol. The van der Waals surface area contributed by atoms with E-state index >= 15 is 0 Å². The van der Waals surface area contributed by atoms with Crippen LogP contribution in [0.1, 0.15) is 25.7 Å². The summed E-state index contributed by atoms with van der Waals surface area (Å²) >= 11 is 1.67. The Morgan fingerprint density at radius 1 is 0.889 bits per heavy atom. The Morgan fingerprint density at radius 3 is 1.70 bits per heavy atom. The van der Waals surface area contributed by atoms with E-state index in [1.165, 1.54) is 43.5 Å². The van der Waals surface area contributed by atoms with Crippen molar-refractivity contribution in [2.75, 3.05) is 0 Å². The van der Waals surface area contributed by atoms with Crippen molar-refractivity contribution in [3.8, 4) is 0 Å². The summed E-state index contributed by atoms with van der Waals surface area (Å²) < 4.78 is 27.9. The molecule has 0 amide bonds. The third kappa shape index (κ3) is 6.82. The van der Waals surface area contributed by atoms with E-state index < -0.39 is 0 Å². The van der Waals surface area contributed by atoms with Gasteiger partial charge in [-0.1, -0.05) is 24.3 Å². The molecule has 27 heavy (non-hydrogen) atoms. The van der Waals surface area contributed by atoms with Gasteiger partial charge in [0.05, 0.1) is 0 Å². The van der Waals surface area contributed by atoms with E-state index in [0.29, 0.717) is 0 Å². The van der Waals surface area contributed by atoms with E-state index in [-0.39, 0.29) is 36.4 Å². The van der Waals surface area contributed by atoms with Gasteiger partial charge in [0.1, 0.15) is 11.6 Å². The number of fused-ring (bicyclic) bond motifs is 3. The predicted molar refractivity (Wildman–Crippen MR) is 97.4 cm³/mol. The topological polar surface area (TPSA) is 0 Å². The van der Waals surface area contributed by atoms with Crippen molar-refractivity contribution in [2.24, 2.45) is 0 Å². The van der Waals surface area contributed by atoms with Crippen LogP contribution >= 0.6 is 0 Å². The van der Waals surface area contributed by atoms with Crippen LogP contribution in [0.4, 0.5) is 8.78 Å². The third-order valence-electron chi connectivity index (χ3n) is 4.17. The van der Waals surface area contributed by atoms with Gasteiger partial charge in [0.2, 0.25) is 0 Å². The number of allylic oxidation sites excluding steroid dienone is 4. The maximum absolute atomic E-state index is 13.0. The number of rotatable bonds is 0. The minimum atomic E-state index is -0.292. The van der Waals surface area contributed by atoms with Gasteiger partial charge in [-0.3, -0.25) is 6.08 Å². The zero-order chi connectivity index (χ0) is 17.6. The molecule has 0 saturated heterocycles. The summed E-state index contributed by atoms with van der Waals surface area (Å²) in [5.41, 5.74) is 0. The van der Waals surface area contributed by atoms with Gasteiger partial charge >= 0.3 is 46.7 Å². The molecule has 5 heteroatoms. The van der Waals surface area contributed by atoms with Crippen LogP contribution in [0.15, 0.2) is 60.7 Å². The van der Waals surface area contributed by atoms with Crippen LogP contribution in [-0.2, 0) is 24.2 Å². The fraction of sp³-hybridized carbons (Fsp3) is 0.182. The first-order valence-corrected chi connectivity index (χ1v) is 9.58. The molecule has 1 fully saturated rings. The molecule has 0 unspecified atom stereocenters. The average molecular weight is 483 g/mol. The Morgan fingerprint density at radius 2 is 1.41 bits per heavy atom. The van der Waals surface area contributed by atoms with Gasteiger partial charge in [-0.25, -0.2) is 20.9 Å². The number of hydrogen-bond acceptors (Lipinski definition) is 0. The first-order chi connectivity index (χ1) is 12.1. The van der Waals surface area contributed by atoms with Crippen molar-refractivity contribution in [3.63, 3.8) is 0 Å². The van der Waals surface area contributed by atoms with Crippen molar-refractivity contribution < 1.29 is 57.8 Å². The SMILES string of the molecule is Fc1ccc2[cH-]c3ccc(F)cc3c2c1.[C-]1=CC=CC1.[Cl-].[Cl-].[Zr+2]=[C]1CCC1. The molecule has 5 rings (SSSR count). The monoisotopic (exact) mass is 480 g/mol. The van der Waals surface area contributed by atoms with Gasteiger partial charge in [0, 0.05) is 0 Å². The van der Waals surface area contributed by atoms with E-state index in [1.54, 1.807) is 39.6 Å². The Kier molecular flexibility index (Phi) is 10.4. The number of hydrogen-bond donors (Lipinski definition) is 0. The summed E-state index contributed by atoms with van der Waals surface area (Å²) in [7, 11) is 0. The van der Waals surface area contributed by atoms with Crippen LogP contribution in [-0.4, -0.2) is 3.21 Å². The Bertz CT molecular complexity index is 885. The summed E-state index contributed by atoms with van der Waals surface area (Å²) in [6.07, 6.45) is 14.4. The number of halogens is 4. The molecule has 0 atom stereocenters. The molecular formula is C22H18Cl2F2Zr-2. The quantitative estimate of drug-likeness (QED) is 0.402. The Balaban J connectivity index is 0.000000253. The molecule has 3 aromatic carbocycles. The summed E-state index contributed by atoms with van der Waals surface area (Å²) in [6.45, 7) is 0. The predicted octanol–water partition coefficient (Wildman–Crippen LogP) is 0.193. The molecule has 1 saturated carbocycles. The molecule has 140 valence electrons. The van der Waals surface area contributed by atoms with Crippen molar-refractivity contribution in [1.29, 1.82) is 0 Å². The van der Waals surface area contributed by atoms with Gasteiger partial charge in [0.25, 0.3) is 0 Å². The van der Waals surface area contributed by atoms with Gasteiger partial charge < -0.3 is 24.8 Å². The van der Waals surface area contributed by atoms with Crippen molar-refractivity contribution >= 4 is 24.8 Å². The summed E-state index contributed by atoms with van der Waals surface area (Å²) in [5.74, 6) is -0.585. The maximum atomic E-state index is 13.0. The Labute approximate surface area is 185 Å². The first-order valence-electron chi connectivity index (χ1n) is 8.36. The molecule has 0 N–H and O–H groups in total. The van der Waals surface area contributed by atoms with Crippen LogP contribution in [0.25, 0.3) is 21.5 Å². The van der Waals surface area contributed by atoms with E-state index in [0.717, 1.165) is 28.0 Å². The standard InChI is InChI=1S/C13H7F2.C5H5.C4H6.2ClH.Zr/c14-10-3-1-8-5-9-2-4-11(15)7-13(9)12(8)6-10;1-2-4-5-3-1;1-2-4-3-1;;;/h1-7H;1-3H,4H2;1-3H2;2*1H;/q2*-1;;;;+2/p-2. The fourth-order valence-electron chi connectivity index (χ4n) is 2.64. The van der Waals surface area contributed by atoms with Crippen LogP contribution < -0.4 is 24.8 Å². The van der Waals surface area contributed by atoms with Gasteiger partial charge in [-0.05, 0) is 0 Å². The van der Waals surface area contributed by atoms with Crippen molar-refractivity contribution in [1.82, 2.24) is 0 Å². The average Bonchev–Trinajstić information content (AvgIpc) is 3.25. The van der Waals surface area contributed by atoms with Crippen LogP contribution in [0.5, 0.6) is 0 Å². The molecule has 0 bridgehead atoms. The third-order valence-corrected chi connectivity index (χ3v) is 5.40. The van der Waals surface area contributed by atoms with Crippen LogP contribution in [0.3, 0.4) is 0 Å². The molecule has 2 aliphatic rings. The zero-order valence-electron chi connectivity index (χ0n) is 14.6. The molecule has 0 nitrogen and oxygen atoms in total. The van der Waals surface area contributed by atoms with Crippen LogP contribution in [0, 0.1) is 17.7 Å². The second kappa shape index (κ2) is 11.7. The Hall–Kier alpha value is -1.02.